The fraction of sp³-hybridized carbons (Fsp3) is 0.467. The van der Waals surface area contributed by atoms with Crippen LogP contribution in [-0.2, 0) is 0 Å². The zero-order valence-electron chi connectivity index (χ0n) is 13.0. The quantitative estimate of drug-likeness (QED) is 0.853. The van der Waals surface area contributed by atoms with Crippen LogP contribution in [-0.4, -0.2) is 47.5 Å². The lowest BCUT2D eigenvalue weighted by Gasteiger charge is -2.19. The summed E-state index contributed by atoms with van der Waals surface area (Å²) in [4.78, 5) is 10.7. The van der Waals surface area contributed by atoms with E-state index in [1.54, 1.807) is 13.3 Å². The molecule has 2 aromatic heterocycles. The number of nitrogens with zero attached hydrogens (tertiary/aromatic N) is 5. The molecule has 7 heteroatoms. The van der Waals surface area contributed by atoms with Gasteiger partial charge in [0.15, 0.2) is 0 Å². The van der Waals surface area contributed by atoms with Gasteiger partial charge < -0.3 is 14.4 Å². The molecule has 0 aliphatic carbocycles. The summed E-state index contributed by atoms with van der Waals surface area (Å²) in [5.41, 5.74) is 3.45. The molecule has 1 saturated heterocycles. The minimum atomic E-state index is 0.264. The Kier molecular flexibility index (Phi) is 4.04. The number of hydrogen-bond donors (Lipinski definition) is 0. The van der Waals surface area contributed by atoms with Crippen molar-refractivity contribution in [3.63, 3.8) is 0 Å². The summed E-state index contributed by atoms with van der Waals surface area (Å²) < 4.78 is 10.4. The first kappa shape index (κ1) is 14.5. The zero-order chi connectivity index (χ0) is 15.5. The van der Waals surface area contributed by atoms with Crippen molar-refractivity contribution in [3.8, 4) is 23.1 Å². The van der Waals surface area contributed by atoms with Gasteiger partial charge in [-0.05, 0) is 25.8 Å². The molecule has 1 aliphatic heterocycles. The molecule has 0 atom stereocenters. The molecule has 3 rings (SSSR count). The predicted molar refractivity (Wildman–Crippen MR) is 82.3 cm³/mol. The smallest absolute Gasteiger partial charge is 0.319 e. The summed E-state index contributed by atoms with van der Waals surface area (Å²) in [7, 11) is 3.08. The maximum Gasteiger partial charge on any atom is 0.319 e. The van der Waals surface area contributed by atoms with Crippen LogP contribution in [0.15, 0.2) is 12.3 Å². The molecule has 0 N–H and O–H groups in total. The molecular formula is C15H19N5O2. The van der Waals surface area contributed by atoms with E-state index >= 15 is 0 Å². The van der Waals surface area contributed by atoms with Crippen LogP contribution in [0.5, 0.6) is 11.9 Å². The number of aromatic nitrogens is 4. The molecule has 0 unspecified atom stereocenters. The van der Waals surface area contributed by atoms with Crippen molar-refractivity contribution in [1.29, 1.82) is 0 Å². The number of anilines is 1. The van der Waals surface area contributed by atoms with E-state index in [0.717, 1.165) is 24.5 Å². The van der Waals surface area contributed by atoms with Crippen LogP contribution >= 0.6 is 0 Å². The van der Waals surface area contributed by atoms with Crippen LogP contribution in [0.2, 0.25) is 0 Å². The van der Waals surface area contributed by atoms with Gasteiger partial charge in [0.25, 0.3) is 0 Å². The van der Waals surface area contributed by atoms with Gasteiger partial charge in [-0.3, -0.25) is 0 Å². The maximum absolute atomic E-state index is 5.33. The third kappa shape index (κ3) is 2.66. The fourth-order valence-corrected chi connectivity index (χ4v) is 2.63. The molecule has 0 aromatic carbocycles. The van der Waals surface area contributed by atoms with E-state index in [1.807, 2.05) is 13.0 Å². The second-order valence-corrected chi connectivity index (χ2v) is 5.17. The van der Waals surface area contributed by atoms with Crippen molar-refractivity contribution in [2.24, 2.45) is 0 Å². The predicted octanol–water partition coefficient (Wildman–Crippen LogP) is 1.86. The molecule has 0 amide bonds. The molecule has 116 valence electrons. The van der Waals surface area contributed by atoms with E-state index < -0.39 is 0 Å². The highest BCUT2D eigenvalue weighted by Crippen LogP contribution is 2.31. The highest BCUT2D eigenvalue weighted by atomic mass is 16.5. The van der Waals surface area contributed by atoms with Gasteiger partial charge in [-0.15, -0.1) is 5.10 Å². The van der Waals surface area contributed by atoms with E-state index in [9.17, 15) is 0 Å². The molecule has 0 saturated carbocycles. The largest absolute Gasteiger partial charge is 0.480 e. The molecule has 1 fully saturated rings. The first-order valence-electron chi connectivity index (χ1n) is 7.27. The van der Waals surface area contributed by atoms with E-state index in [2.05, 4.69) is 25.1 Å². The molecule has 1 aliphatic rings. The van der Waals surface area contributed by atoms with Crippen molar-refractivity contribution in [2.75, 3.05) is 32.2 Å². The van der Waals surface area contributed by atoms with Crippen molar-refractivity contribution in [1.82, 2.24) is 20.2 Å². The first-order valence-corrected chi connectivity index (χ1v) is 7.27. The topological polar surface area (TPSA) is 73.3 Å². The first-order chi connectivity index (χ1) is 10.7. The van der Waals surface area contributed by atoms with E-state index in [0.29, 0.717) is 17.1 Å². The van der Waals surface area contributed by atoms with E-state index in [1.165, 1.54) is 20.0 Å². The summed E-state index contributed by atoms with van der Waals surface area (Å²) in [6.07, 6.45) is 4.08. The van der Waals surface area contributed by atoms with Gasteiger partial charge in [0, 0.05) is 19.3 Å². The van der Waals surface area contributed by atoms with Gasteiger partial charge in [0.05, 0.1) is 31.2 Å². The van der Waals surface area contributed by atoms with Crippen molar-refractivity contribution in [3.05, 3.63) is 18.0 Å². The van der Waals surface area contributed by atoms with Crippen LogP contribution in [0, 0.1) is 6.92 Å². The average molecular weight is 301 g/mol. The van der Waals surface area contributed by atoms with Crippen LogP contribution in [0.1, 0.15) is 18.5 Å². The van der Waals surface area contributed by atoms with Crippen molar-refractivity contribution in [2.45, 2.75) is 19.8 Å². The maximum atomic E-state index is 5.33. The Morgan fingerprint density at radius 3 is 2.55 bits per heavy atom. The number of ether oxygens (including phenoxy) is 2. The normalized spacial score (nSPS) is 14.2. The zero-order valence-corrected chi connectivity index (χ0v) is 13.0. The SMILES string of the molecule is COc1ncc(-c2cc(N3CCCC3)c(C)nn2)c(OC)n1. The molecule has 22 heavy (non-hydrogen) atoms. The Hall–Kier alpha value is -2.44. The van der Waals surface area contributed by atoms with Crippen molar-refractivity contribution >= 4 is 5.69 Å². The lowest BCUT2D eigenvalue weighted by molar-refractivity contribution is 0.353. The molecule has 7 nitrogen and oxygen atoms in total. The Balaban J connectivity index is 2.03. The van der Waals surface area contributed by atoms with Crippen LogP contribution in [0.3, 0.4) is 0 Å². The molecule has 0 bridgehead atoms. The van der Waals surface area contributed by atoms with Gasteiger partial charge in [-0.25, -0.2) is 4.98 Å². The lowest BCUT2D eigenvalue weighted by atomic mass is 10.2. The van der Waals surface area contributed by atoms with Crippen LogP contribution in [0.4, 0.5) is 5.69 Å². The number of methoxy groups -OCH3 is 2. The summed E-state index contributed by atoms with van der Waals surface area (Å²) in [5.74, 6) is 0.428. The van der Waals surface area contributed by atoms with Crippen molar-refractivity contribution < 1.29 is 9.47 Å². The van der Waals surface area contributed by atoms with Gasteiger partial charge in [-0.2, -0.15) is 10.1 Å². The molecule has 2 aromatic rings. The second kappa shape index (κ2) is 6.13. The second-order valence-electron chi connectivity index (χ2n) is 5.17. The Bertz CT molecular complexity index is 671. The van der Waals surface area contributed by atoms with Gasteiger partial charge in [0.2, 0.25) is 5.88 Å². The highest BCUT2D eigenvalue weighted by Gasteiger charge is 2.19. The molecule has 0 radical (unpaired) electrons. The minimum Gasteiger partial charge on any atom is -0.480 e. The standard InChI is InChI=1S/C15H19N5O2/c1-10-13(20-6-4-5-7-20)8-12(19-18-10)11-9-16-15(22-3)17-14(11)21-2/h8-9H,4-7H2,1-3H3. The number of rotatable bonds is 4. The average Bonchev–Trinajstić information content (AvgIpc) is 3.09. The summed E-state index contributed by atoms with van der Waals surface area (Å²) >= 11 is 0. The summed E-state index contributed by atoms with van der Waals surface area (Å²) in [6.45, 7) is 4.09. The van der Waals surface area contributed by atoms with Gasteiger partial charge >= 0.3 is 6.01 Å². The number of aryl methyl sites for hydroxylation is 1. The Labute approximate surface area is 129 Å². The Morgan fingerprint density at radius 1 is 1.09 bits per heavy atom. The third-order valence-corrected chi connectivity index (χ3v) is 3.78. The van der Waals surface area contributed by atoms with Crippen LogP contribution < -0.4 is 14.4 Å². The van der Waals surface area contributed by atoms with Gasteiger partial charge in [-0.1, -0.05) is 0 Å². The van der Waals surface area contributed by atoms with E-state index in [4.69, 9.17) is 9.47 Å². The molecule has 3 heterocycles. The van der Waals surface area contributed by atoms with E-state index in [-0.39, 0.29) is 6.01 Å². The third-order valence-electron chi connectivity index (χ3n) is 3.78. The highest BCUT2D eigenvalue weighted by molar-refractivity contribution is 5.68. The van der Waals surface area contributed by atoms with Gasteiger partial charge in [0.1, 0.15) is 5.69 Å². The fourth-order valence-electron chi connectivity index (χ4n) is 2.63. The molecule has 0 spiro atoms. The monoisotopic (exact) mass is 301 g/mol. The minimum absolute atomic E-state index is 0.264. The summed E-state index contributed by atoms with van der Waals surface area (Å²) in [5, 5.41) is 8.55. The molecular weight excluding hydrogens is 282 g/mol. The summed E-state index contributed by atoms with van der Waals surface area (Å²) in [6, 6.07) is 2.29. The Morgan fingerprint density at radius 2 is 1.86 bits per heavy atom. The lowest BCUT2D eigenvalue weighted by Crippen LogP contribution is -2.19. The number of hydrogen-bond acceptors (Lipinski definition) is 7. The van der Waals surface area contributed by atoms with Crippen LogP contribution in [0.25, 0.3) is 11.3 Å².